The smallest absolute Gasteiger partial charge is 0.161 e. The van der Waals surface area contributed by atoms with Crippen molar-refractivity contribution in [3.05, 3.63) is 117 Å². The minimum absolute atomic E-state index is 0.0398. The lowest BCUT2D eigenvalue weighted by atomic mass is 9.74. The number of Topliss-reactive ketones (excluding diaryl/α,β-unsaturated/α-hetero) is 1. The van der Waals surface area contributed by atoms with Crippen molar-refractivity contribution < 1.29 is 18.3 Å². The Morgan fingerprint density at radius 3 is 2.50 bits per heavy atom. The molecule has 5 rings (SSSR count). The Morgan fingerprint density at radius 1 is 1.03 bits per heavy atom. The van der Waals surface area contributed by atoms with Crippen LogP contribution in [-0.2, 0) is 11.4 Å². The molecule has 1 aliphatic carbocycles. The molecule has 0 fully saturated rings. The van der Waals surface area contributed by atoms with Crippen LogP contribution in [-0.4, -0.2) is 5.78 Å². The van der Waals surface area contributed by atoms with Gasteiger partial charge >= 0.3 is 0 Å². The third-order valence-electron chi connectivity index (χ3n) is 7.22. The van der Waals surface area contributed by atoms with Gasteiger partial charge in [-0.05, 0) is 91.4 Å². The Hall–Kier alpha value is -4.44. The van der Waals surface area contributed by atoms with Crippen LogP contribution < -0.4 is 15.4 Å². The van der Waals surface area contributed by atoms with Gasteiger partial charge in [-0.15, -0.1) is 0 Å². The maximum absolute atomic E-state index is 14.2. The average molecular weight is 512 g/mol. The lowest BCUT2D eigenvalue weighted by molar-refractivity contribution is -0.116. The minimum Gasteiger partial charge on any atom is -0.489 e. The molecule has 192 valence electrons. The first-order chi connectivity index (χ1) is 18.3. The topological polar surface area (TPSA) is 79.4 Å². The van der Waals surface area contributed by atoms with Gasteiger partial charge in [-0.25, -0.2) is 8.78 Å². The van der Waals surface area contributed by atoms with E-state index in [2.05, 4.69) is 6.07 Å². The summed E-state index contributed by atoms with van der Waals surface area (Å²) in [6.07, 6.45) is 1.60. The highest BCUT2D eigenvalue weighted by molar-refractivity contribution is 6.01. The molecular weight excluding hydrogens is 484 g/mol. The van der Waals surface area contributed by atoms with E-state index in [1.54, 1.807) is 29.2 Å². The van der Waals surface area contributed by atoms with E-state index in [9.17, 15) is 18.8 Å². The Balaban J connectivity index is 1.62. The van der Waals surface area contributed by atoms with Crippen LogP contribution in [0.5, 0.6) is 5.75 Å². The molecule has 0 radical (unpaired) electrons. The standard InChI is InChI=1S/C31H27F2N3O2/c1-18-13-19(2)25(14-20(18)17-38-24-11-9-21(32)10-12-24)29-26(16-34)31(35)36(23-6-3-5-22(33)15-23)27-7-4-8-28(37)30(27)29/h3,5-6,9-15,29H,4,7-8,17,35H2,1-2H3. The Kier molecular flexibility index (Phi) is 6.73. The highest BCUT2D eigenvalue weighted by Crippen LogP contribution is 2.47. The molecular formula is C31H27F2N3O2. The molecule has 0 saturated carbocycles. The molecule has 2 N–H and O–H groups in total. The van der Waals surface area contributed by atoms with E-state index in [-0.39, 0.29) is 29.6 Å². The van der Waals surface area contributed by atoms with Crippen LogP contribution in [0.2, 0.25) is 0 Å². The first-order valence-corrected chi connectivity index (χ1v) is 12.5. The SMILES string of the molecule is Cc1cc(C)c(C2C(C#N)=C(N)N(c3cccc(F)c3)C3=C2C(=O)CCC3)cc1COc1ccc(F)cc1. The number of hydrogen-bond donors (Lipinski definition) is 1. The molecule has 1 aliphatic heterocycles. The largest absolute Gasteiger partial charge is 0.489 e. The number of nitriles is 1. The number of nitrogens with two attached hydrogens (primary N) is 1. The van der Waals surface area contributed by atoms with Gasteiger partial charge in [-0.1, -0.05) is 18.2 Å². The normalized spacial score (nSPS) is 17.4. The summed E-state index contributed by atoms with van der Waals surface area (Å²) in [6, 6.07) is 18.0. The van der Waals surface area contributed by atoms with Crippen molar-refractivity contribution in [1.29, 1.82) is 5.26 Å². The van der Waals surface area contributed by atoms with E-state index in [0.29, 0.717) is 42.0 Å². The Morgan fingerprint density at radius 2 is 1.79 bits per heavy atom. The number of halogens is 2. The predicted octanol–water partition coefficient (Wildman–Crippen LogP) is 6.47. The predicted molar refractivity (Wildman–Crippen MR) is 141 cm³/mol. The number of allylic oxidation sites excluding steroid dienone is 3. The first kappa shape index (κ1) is 25.2. The molecule has 1 unspecified atom stereocenters. The van der Waals surface area contributed by atoms with Crippen molar-refractivity contribution in [3.63, 3.8) is 0 Å². The van der Waals surface area contributed by atoms with E-state index in [0.717, 1.165) is 22.3 Å². The lowest BCUT2D eigenvalue weighted by Crippen LogP contribution is -2.39. The van der Waals surface area contributed by atoms with Crippen molar-refractivity contribution in [2.24, 2.45) is 5.73 Å². The van der Waals surface area contributed by atoms with Crippen molar-refractivity contribution in [3.8, 4) is 11.8 Å². The van der Waals surface area contributed by atoms with Gasteiger partial charge in [0.15, 0.2) is 5.78 Å². The summed E-state index contributed by atoms with van der Waals surface area (Å²) >= 11 is 0. The molecule has 3 aromatic carbocycles. The summed E-state index contributed by atoms with van der Waals surface area (Å²) in [6.45, 7) is 4.15. The van der Waals surface area contributed by atoms with Crippen LogP contribution in [0, 0.1) is 36.8 Å². The highest BCUT2D eigenvalue weighted by atomic mass is 19.1. The van der Waals surface area contributed by atoms with Gasteiger partial charge in [0.25, 0.3) is 0 Å². The summed E-state index contributed by atoms with van der Waals surface area (Å²) in [5, 5.41) is 10.3. The fraction of sp³-hybridized carbons (Fsp3) is 0.226. The molecule has 1 atom stereocenters. The highest BCUT2D eigenvalue weighted by Gasteiger charge is 2.41. The van der Waals surface area contributed by atoms with Crippen molar-refractivity contribution in [1.82, 2.24) is 0 Å². The molecule has 3 aromatic rings. The third kappa shape index (κ3) is 4.54. The number of nitrogens with zero attached hydrogens (tertiary/aromatic N) is 2. The number of hydrogen-bond acceptors (Lipinski definition) is 5. The molecule has 0 saturated heterocycles. The number of carbonyl (C=O) groups is 1. The summed E-state index contributed by atoms with van der Waals surface area (Å²) in [5.41, 5.74) is 12.2. The number of ketones is 1. The number of carbonyl (C=O) groups excluding carboxylic acids is 1. The first-order valence-electron chi connectivity index (χ1n) is 12.5. The number of aryl methyl sites for hydroxylation is 2. The van der Waals surface area contributed by atoms with Crippen LogP contribution in [0.4, 0.5) is 14.5 Å². The van der Waals surface area contributed by atoms with Crippen LogP contribution in [0.15, 0.2) is 83.3 Å². The van der Waals surface area contributed by atoms with Crippen molar-refractivity contribution >= 4 is 11.5 Å². The quantitative estimate of drug-likeness (QED) is 0.425. The van der Waals surface area contributed by atoms with E-state index in [1.165, 1.54) is 24.3 Å². The van der Waals surface area contributed by atoms with Crippen molar-refractivity contribution in [2.45, 2.75) is 45.6 Å². The zero-order chi connectivity index (χ0) is 27.0. The van der Waals surface area contributed by atoms with Gasteiger partial charge < -0.3 is 10.5 Å². The third-order valence-corrected chi connectivity index (χ3v) is 7.22. The summed E-state index contributed by atoms with van der Waals surface area (Å²) in [5.74, 6) is -0.725. The molecule has 5 nitrogen and oxygen atoms in total. The number of benzene rings is 3. The van der Waals surface area contributed by atoms with Gasteiger partial charge in [0.1, 0.15) is 29.8 Å². The van der Waals surface area contributed by atoms with Crippen LogP contribution in [0.1, 0.15) is 47.4 Å². The van der Waals surface area contributed by atoms with Crippen LogP contribution in [0.25, 0.3) is 0 Å². The maximum atomic E-state index is 14.2. The zero-order valence-electron chi connectivity index (χ0n) is 21.2. The second kappa shape index (κ2) is 10.1. The summed E-state index contributed by atoms with van der Waals surface area (Å²) in [4.78, 5) is 15.1. The molecule has 38 heavy (non-hydrogen) atoms. The second-order valence-electron chi connectivity index (χ2n) is 9.67. The average Bonchev–Trinajstić information content (AvgIpc) is 2.89. The summed E-state index contributed by atoms with van der Waals surface area (Å²) < 4.78 is 33.4. The van der Waals surface area contributed by atoms with Gasteiger partial charge in [-0.3, -0.25) is 9.69 Å². The molecule has 0 amide bonds. The minimum atomic E-state index is -0.641. The van der Waals surface area contributed by atoms with Gasteiger partial charge in [-0.2, -0.15) is 5.26 Å². The molecule has 0 spiro atoms. The van der Waals surface area contributed by atoms with Crippen LogP contribution >= 0.6 is 0 Å². The molecule has 0 aromatic heterocycles. The van der Waals surface area contributed by atoms with Crippen molar-refractivity contribution in [2.75, 3.05) is 4.90 Å². The maximum Gasteiger partial charge on any atom is 0.161 e. The Labute approximate surface area is 220 Å². The van der Waals surface area contributed by atoms with Gasteiger partial charge in [0, 0.05) is 17.7 Å². The fourth-order valence-electron chi connectivity index (χ4n) is 5.38. The molecule has 2 aliphatic rings. The van der Waals surface area contributed by atoms with E-state index in [1.807, 2.05) is 26.0 Å². The van der Waals surface area contributed by atoms with Gasteiger partial charge in [0.05, 0.1) is 23.2 Å². The van der Waals surface area contributed by atoms with E-state index >= 15 is 0 Å². The number of rotatable bonds is 5. The second-order valence-corrected chi connectivity index (χ2v) is 9.67. The van der Waals surface area contributed by atoms with E-state index in [4.69, 9.17) is 10.5 Å². The number of ether oxygens (including phenoxy) is 1. The fourth-order valence-corrected chi connectivity index (χ4v) is 5.38. The van der Waals surface area contributed by atoms with Gasteiger partial charge in [0.2, 0.25) is 0 Å². The van der Waals surface area contributed by atoms with Crippen LogP contribution in [0.3, 0.4) is 0 Å². The molecule has 1 heterocycles. The molecule has 7 heteroatoms. The molecule has 0 bridgehead atoms. The summed E-state index contributed by atoms with van der Waals surface area (Å²) in [7, 11) is 0. The van der Waals surface area contributed by atoms with E-state index < -0.39 is 11.7 Å². The monoisotopic (exact) mass is 511 g/mol. The Bertz CT molecular complexity index is 1530. The lowest BCUT2D eigenvalue weighted by Gasteiger charge is -2.40. The number of anilines is 1. The zero-order valence-corrected chi connectivity index (χ0v) is 21.2.